The van der Waals surface area contributed by atoms with Crippen LogP contribution in [0.3, 0.4) is 0 Å². The highest BCUT2D eigenvalue weighted by molar-refractivity contribution is 5.89. The number of fused-ring (bicyclic) bond motifs is 2. The Balaban J connectivity index is 1.25. The lowest BCUT2D eigenvalue weighted by atomic mass is 9.74. The number of rotatable bonds is 3. The second-order valence-electron chi connectivity index (χ2n) is 7.85. The van der Waals surface area contributed by atoms with Gasteiger partial charge in [0.1, 0.15) is 11.6 Å². The Morgan fingerprint density at radius 3 is 2.33 bits per heavy atom. The Kier molecular flexibility index (Phi) is 4.71. The van der Waals surface area contributed by atoms with Crippen LogP contribution in [-0.4, -0.2) is 36.1 Å². The molecular formula is C24H21F2N3O. The van der Waals surface area contributed by atoms with Gasteiger partial charge in [-0.15, -0.1) is 0 Å². The van der Waals surface area contributed by atoms with Crippen LogP contribution in [0.25, 0.3) is 11.1 Å². The van der Waals surface area contributed by atoms with E-state index in [0.717, 1.165) is 11.1 Å². The number of para-hydroxylation sites is 1. The summed E-state index contributed by atoms with van der Waals surface area (Å²) in [6, 6.07) is 21.0. The van der Waals surface area contributed by atoms with Gasteiger partial charge in [-0.1, -0.05) is 48.5 Å². The van der Waals surface area contributed by atoms with Crippen molar-refractivity contribution in [3.05, 3.63) is 90.0 Å². The third-order valence-corrected chi connectivity index (χ3v) is 5.99. The van der Waals surface area contributed by atoms with Crippen molar-refractivity contribution < 1.29 is 13.6 Å². The number of piperazine rings is 1. The molecule has 3 aliphatic rings. The van der Waals surface area contributed by atoms with Gasteiger partial charge in [0.15, 0.2) is 0 Å². The quantitative estimate of drug-likeness (QED) is 0.669. The van der Waals surface area contributed by atoms with Gasteiger partial charge in [0.2, 0.25) is 0 Å². The monoisotopic (exact) mass is 405 g/mol. The topological polar surface area (TPSA) is 44.4 Å². The third kappa shape index (κ3) is 3.44. The summed E-state index contributed by atoms with van der Waals surface area (Å²) in [7, 11) is 0. The van der Waals surface area contributed by atoms with Gasteiger partial charge in [0, 0.05) is 31.1 Å². The molecule has 6 rings (SSSR count). The standard InChI is InChI=1S/C24H21F2N3O/c25-18-5-3-4-17(12-18)15-8-10-16(11-9-15)23-21-13-29(14-22(23)27-21)24(30)28-20-7-2-1-6-19(20)26/h1-12,21-23,27H,13-14H2,(H,28,30)/t21-,22+,23?. The highest BCUT2D eigenvalue weighted by Gasteiger charge is 2.48. The largest absolute Gasteiger partial charge is 0.322 e. The molecular weight excluding hydrogens is 384 g/mol. The number of benzene rings is 3. The Morgan fingerprint density at radius 2 is 1.63 bits per heavy atom. The molecule has 3 atom stereocenters. The molecule has 3 aliphatic heterocycles. The number of carbonyl (C=O) groups excluding carboxylic acids is 1. The maximum atomic E-state index is 13.8. The fourth-order valence-electron chi connectivity index (χ4n) is 4.48. The molecule has 152 valence electrons. The second-order valence-corrected chi connectivity index (χ2v) is 7.85. The molecule has 4 nitrogen and oxygen atoms in total. The number of urea groups is 1. The molecule has 3 fully saturated rings. The Morgan fingerprint density at radius 1 is 0.900 bits per heavy atom. The van der Waals surface area contributed by atoms with Gasteiger partial charge in [0.05, 0.1) is 5.69 Å². The van der Waals surface area contributed by atoms with Gasteiger partial charge >= 0.3 is 6.03 Å². The number of carbonyl (C=O) groups is 1. The van der Waals surface area contributed by atoms with E-state index in [2.05, 4.69) is 22.8 Å². The molecule has 0 aromatic heterocycles. The zero-order valence-electron chi connectivity index (χ0n) is 16.2. The smallest absolute Gasteiger partial charge is 0.321 e. The summed E-state index contributed by atoms with van der Waals surface area (Å²) in [6.07, 6.45) is 0. The van der Waals surface area contributed by atoms with Gasteiger partial charge in [-0.2, -0.15) is 0 Å². The van der Waals surface area contributed by atoms with Crippen molar-refractivity contribution >= 4 is 11.7 Å². The number of anilines is 1. The average molecular weight is 405 g/mol. The van der Waals surface area contributed by atoms with Gasteiger partial charge < -0.3 is 15.5 Å². The third-order valence-electron chi connectivity index (χ3n) is 5.99. The number of hydrogen-bond acceptors (Lipinski definition) is 2. The summed E-state index contributed by atoms with van der Waals surface area (Å²) >= 11 is 0. The molecule has 2 amide bonds. The van der Waals surface area contributed by atoms with Gasteiger partial charge in [-0.05, 0) is 41.0 Å². The maximum absolute atomic E-state index is 13.8. The van der Waals surface area contributed by atoms with E-state index < -0.39 is 5.82 Å². The first kappa shape index (κ1) is 18.8. The molecule has 0 aliphatic carbocycles. The first-order valence-corrected chi connectivity index (χ1v) is 10.0. The van der Waals surface area contributed by atoms with E-state index in [9.17, 15) is 13.6 Å². The lowest BCUT2D eigenvalue weighted by Gasteiger charge is -2.54. The predicted molar refractivity (Wildman–Crippen MR) is 112 cm³/mol. The Labute approximate surface area is 173 Å². The fourth-order valence-corrected chi connectivity index (χ4v) is 4.48. The Hall–Kier alpha value is -3.25. The van der Waals surface area contributed by atoms with Crippen LogP contribution in [0.5, 0.6) is 0 Å². The second kappa shape index (κ2) is 7.54. The molecule has 30 heavy (non-hydrogen) atoms. The van der Waals surface area contributed by atoms with Crippen LogP contribution < -0.4 is 10.6 Å². The number of halogens is 2. The van der Waals surface area contributed by atoms with E-state index >= 15 is 0 Å². The zero-order chi connectivity index (χ0) is 20.7. The molecule has 0 saturated carbocycles. The molecule has 0 spiro atoms. The number of hydrogen-bond donors (Lipinski definition) is 2. The van der Waals surface area contributed by atoms with E-state index in [0.29, 0.717) is 19.0 Å². The predicted octanol–water partition coefficient (Wildman–Crippen LogP) is 4.60. The van der Waals surface area contributed by atoms with Gasteiger partial charge in [-0.3, -0.25) is 0 Å². The highest BCUT2D eigenvalue weighted by atomic mass is 19.1. The summed E-state index contributed by atoms with van der Waals surface area (Å²) in [5.74, 6) is -0.366. The maximum Gasteiger partial charge on any atom is 0.322 e. The minimum absolute atomic E-state index is 0.162. The van der Waals surface area contributed by atoms with Crippen molar-refractivity contribution in [3.63, 3.8) is 0 Å². The van der Waals surface area contributed by atoms with Crippen molar-refractivity contribution in [2.24, 2.45) is 0 Å². The summed E-state index contributed by atoms with van der Waals surface area (Å²) in [5, 5.41) is 6.16. The van der Waals surface area contributed by atoms with E-state index in [4.69, 9.17) is 0 Å². The molecule has 1 unspecified atom stereocenters. The SMILES string of the molecule is O=C(Nc1ccccc1F)N1C[C@@H]2N[C@H](C1)C2c1ccc(-c2cccc(F)c2)cc1. The summed E-state index contributed by atoms with van der Waals surface area (Å²) < 4.78 is 27.3. The van der Waals surface area contributed by atoms with E-state index in [1.165, 1.54) is 23.8 Å². The minimum Gasteiger partial charge on any atom is -0.321 e. The van der Waals surface area contributed by atoms with Crippen molar-refractivity contribution in [2.45, 2.75) is 18.0 Å². The van der Waals surface area contributed by atoms with Crippen LogP contribution in [0, 0.1) is 11.6 Å². The molecule has 6 heteroatoms. The van der Waals surface area contributed by atoms with E-state index in [-0.39, 0.29) is 29.6 Å². The fraction of sp³-hybridized carbons (Fsp3) is 0.208. The van der Waals surface area contributed by atoms with Crippen molar-refractivity contribution in [1.82, 2.24) is 10.2 Å². The van der Waals surface area contributed by atoms with Crippen LogP contribution >= 0.6 is 0 Å². The number of amides is 2. The van der Waals surface area contributed by atoms with E-state index in [1.807, 2.05) is 18.2 Å². The van der Waals surface area contributed by atoms with E-state index in [1.54, 1.807) is 29.2 Å². The van der Waals surface area contributed by atoms with Crippen molar-refractivity contribution in [3.8, 4) is 11.1 Å². The average Bonchev–Trinajstić information content (AvgIpc) is 2.76. The van der Waals surface area contributed by atoms with Crippen molar-refractivity contribution in [1.29, 1.82) is 0 Å². The molecule has 2 bridgehead atoms. The summed E-state index contributed by atoms with van der Waals surface area (Å²) in [5.41, 5.74) is 3.23. The number of nitrogens with one attached hydrogen (secondary N) is 2. The van der Waals surface area contributed by atoms with Crippen LogP contribution in [0.1, 0.15) is 11.5 Å². The lowest BCUT2D eigenvalue weighted by Crippen LogP contribution is -2.72. The van der Waals surface area contributed by atoms with Crippen LogP contribution in [0.15, 0.2) is 72.8 Å². The molecule has 3 aromatic rings. The van der Waals surface area contributed by atoms with Crippen molar-refractivity contribution in [2.75, 3.05) is 18.4 Å². The lowest BCUT2D eigenvalue weighted by molar-refractivity contribution is 0.0759. The molecule has 2 N–H and O–H groups in total. The molecule has 3 heterocycles. The molecule has 3 aromatic carbocycles. The number of nitrogens with zero attached hydrogens (tertiary/aromatic N) is 1. The Bertz CT molecular complexity index is 1070. The summed E-state index contributed by atoms with van der Waals surface area (Å²) in [4.78, 5) is 14.3. The normalized spacial score (nSPS) is 22.3. The van der Waals surface area contributed by atoms with Gasteiger partial charge in [-0.25, -0.2) is 13.6 Å². The summed E-state index contributed by atoms with van der Waals surface area (Å²) in [6.45, 7) is 1.13. The zero-order valence-corrected chi connectivity index (χ0v) is 16.2. The van der Waals surface area contributed by atoms with Crippen LogP contribution in [-0.2, 0) is 0 Å². The van der Waals surface area contributed by atoms with Gasteiger partial charge in [0.25, 0.3) is 0 Å². The van der Waals surface area contributed by atoms with Crippen LogP contribution in [0.4, 0.5) is 19.3 Å². The van der Waals surface area contributed by atoms with Crippen LogP contribution in [0.2, 0.25) is 0 Å². The highest BCUT2D eigenvalue weighted by Crippen LogP contribution is 2.37. The first-order chi connectivity index (χ1) is 14.6. The minimum atomic E-state index is -0.442. The first-order valence-electron chi connectivity index (χ1n) is 10.0. The number of piperidine rings is 1. The molecule has 3 saturated heterocycles. The molecule has 0 radical (unpaired) electrons.